The van der Waals surface area contributed by atoms with Crippen LogP contribution in [0.15, 0.2) is 18.2 Å². The Morgan fingerprint density at radius 3 is 2.70 bits per heavy atom. The Bertz CT molecular complexity index is 540. The van der Waals surface area contributed by atoms with Crippen molar-refractivity contribution in [2.24, 2.45) is 5.73 Å². The van der Waals surface area contributed by atoms with Crippen molar-refractivity contribution in [1.82, 2.24) is 0 Å². The molecule has 1 heterocycles. The van der Waals surface area contributed by atoms with E-state index in [9.17, 15) is 20.0 Å². The van der Waals surface area contributed by atoms with Crippen LogP contribution in [0.3, 0.4) is 0 Å². The highest BCUT2D eigenvalue weighted by Crippen LogP contribution is 2.29. The zero-order valence-corrected chi connectivity index (χ0v) is 10.7. The number of phenols is 1. The Hall–Kier alpha value is -2.19. The van der Waals surface area contributed by atoms with Gasteiger partial charge in [-0.2, -0.15) is 0 Å². The lowest BCUT2D eigenvalue weighted by molar-refractivity contribution is -0.384. The third-order valence-corrected chi connectivity index (χ3v) is 3.28. The van der Waals surface area contributed by atoms with E-state index in [4.69, 9.17) is 10.5 Å². The fraction of sp³-hybridized carbons (Fsp3) is 0.417. The molecule has 1 aromatic carbocycles. The number of hydrogen-bond donors (Lipinski definition) is 3. The molecule has 8 heteroatoms. The summed E-state index contributed by atoms with van der Waals surface area (Å²) in [4.78, 5) is 22.2. The zero-order valence-electron chi connectivity index (χ0n) is 10.7. The van der Waals surface area contributed by atoms with Crippen molar-refractivity contribution in [3.8, 4) is 5.75 Å². The maximum Gasteiger partial charge on any atom is 0.271 e. The molecule has 108 valence electrons. The van der Waals surface area contributed by atoms with Gasteiger partial charge in [-0.15, -0.1) is 0 Å². The summed E-state index contributed by atoms with van der Waals surface area (Å²) >= 11 is 0. The van der Waals surface area contributed by atoms with E-state index in [1.807, 2.05) is 0 Å². The summed E-state index contributed by atoms with van der Waals surface area (Å²) in [7, 11) is 0. The number of amides is 1. The van der Waals surface area contributed by atoms with Crippen molar-refractivity contribution in [3.05, 3.63) is 28.3 Å². The Morgan fingerprint density at radius 2 is 2.10 bits per heavy atom. The van der Waals surface area contributed by atoms with Crippen molar-refractivity contribution in [3.63, 3.8) is 0 Å². The standard InChI is InChI=1S/C12H15N3O5/c13-12(3-5-20-6-4-12)11(17)14-9-7-8(15(18)19)1-2-10(9)16/h1-2,7,16H,3-6,13H2,(H,14,17). The summed E-state index contributed by atoms with van der Waals surface area (Å²) in [6.07, 6.45) is 0.711. The van der Waals surface area contributed by atoms with Crippen LogP contribution >= 0.6 is 0 Å². The highest BCUT2D eigenvalue weighted by molar-refractivity contribution is 5.99. The number of hydrogen-bond acceptors (Lipinski definition) is 6. The van der Waals surface area contributed by atoms with Crippen LogP contribution in [0, 0.1) is 10.1 Å². The topological polar surface area (TPSA) is 128 Å². The third kappa shape index (κ3) is 2.86. The van der Waals surface area contributed by atoms with Gasteiger partial charge in [0, 0.05) is 25.3 Å². The SMILES string of the molecule is NC1(C(=O)Nc2cc([N+](=O)[O-])ccc2O)CCOCC1. The molecular weight excluding hydrogens is 266 g/mol. The van der Waals surface area contributed by atoms with Crippen molar-refractivity contribution >= 4 is 17.3 Å². The van der Waals surface area contributed by atoms with E-state index in [0.717, 1.165) is 18.2 Å². The number of nitro benzene ring substituents is 1. The number of non-ortho nitro benzene ring substituents is 1. The third-order valence-electron chi connectivity index (χ3n) is 3.28. The minimum Gasteiger partial charge on any atom is -0.506 e. The Balaban J connectivity index is 2.18. The van der Waals surface area contributed by atoms with Crippen LogP contribution in [0.4, 0.5) is 11.4 Å². The van der Waals surface area contributed by atoms with E-state index in [0.29, 0.717) is 26.1 Å². The number of nitro groups is 1. The molecule has 0 radical (unpaired) electrons. The van der Waals surface area contributed by atoms with Gasteiger partial charge >= 0.3 is 0 Å². The summed E-state index contributed by atoms with van der Waals surface area (Å²) in [5, 5.41) is 22.8. The molecular formula is C12H15N3O5. The molecule has 0 saturated carbocycles. The zero-order chi connectivity index (χ0) is 14.8. The van der Waals surface area contributed by atoms with Gasteiger partial charge in [-0.05, 0) is 18.9 Å². The lowest BCUT2D eigenvalue weighted by Gasteiger charge is -2.31. The molecule has 20 heavy (non-hydrogen) atoms. The molecule has 0 atom stereocenters. The van der Waals surface area contributed by atoms with Gasteiger partial charge in [0.25, 0.3) is 5.69 Å². The highest BCUT2D eigenvalue weighted by Gasteiger charge is 2.36. The van der Waals surface area contributed by atoms with Crippen molar-refractivity contribution in [2.45, 2.75) is 18.4 Å². The quantitative estimate of drug-likeness (QED) is 0.426. The predicted molar refractivity (Wildman–Crippen MR) is 70.4 cm³/mol. The number of nitrogens with two attached hydrogens (primary N) is 1. The molecule has 0 spiro atoms. The first-order chi connectivity index (χ1) is 9.42. The molecule has 0 unspecified atom stereocenters. The van der Waals surface area contributed by atoms with Crippen LogP contribution in [-0.4, -0.2) is 34.7 Å². The predicted octanol–water partition coefficient (Wildman–Crippen LogP) is 0.747. The van der Waals surface area contributed by atoms with Crippen LogP contribution in [0.1, 0.15) is 12.8 Å². The van der Waals surface area contributed by atoms with Crippen LogP contribution in [0.2, 0.25) is 0 Å². The number of phenolic OH excluding ortho intramolecular Hbond substituents is 1. The Labute approximate surface area is 114 Å². The van der Waals surface area contributed by atoms with Gasteiger partial charge in [0.1, 0.15) is 11.3 Å². The summed E-state index contributed by atoms with van der Waals surface area (Å²) < 4.78 is 5.14. The minimum absolute atomic E-state index is 0.0273. The summed E-state index contributed by atoms with van der Waals surface area (Å²) in [5.41, 5.74) is 4.65. The average molecular weight is 281 g/mol. The number of carbonyl (C=O) groups excluding carboxylic acids is 1. The van der Waals surface area contributed by atoms with E-state index < -0.39 is 16.4 Å². The molecule has 0 aliphatic carbocycles. The van der Waals surface area contributed by atoms with E-state index >= 15 is 0 Å². The molecule has 8 nitrogen and oxygen atoms in total. The largest absolute Gasteiger partial charge is 0.506 e. The van der Waals surface area contributed by atoms with Crippen LogP contribution in [0.25, 0.3) is 0 Å². The van der Waals surface area contributed by atoms with Gasteiger partial charge in [0.05, 0.1) is 10.6 Å². The van der Waals surface area contributed by atoms with Gasteiger partial charge in [0.2, 0.25) is 5.91 Å². The first-order valence-electron chi connectivity index (χ1n) is 6.08. The van der Waals surface area contributed by atoms with Crippen LogP contribution < -0.4 is 11.1 Å². The number of carbonyl (C=O) groups is 1. The Kier molecular flexibility index (Phi) is 3.86. The monoisotopic (exact) mass is 281 g/mol. The second-order valence-corrected chi connectivity index (χ2v) is 4.68. The molecule has 0 bridgehead atoms. The van der Waals surface area contributed by atoms with E-state index in [-0.39, 0.29) is 17.1 Å². The smallest absolute Gasteiger partial charge is 0.271 e. The lowest BCUT2D eigenvalue weighted by Crippen LogP contribution is -2.54. The van der Waals surface area contributed by atoms with E-state index in [2.05, 4.69) is 5.32 Å². The van der Waals surface area contributed by atoms with E-state index in [1.54, 1.807) is 0 Å². The molecule has 4 N–H and O–H groups in total. The fourth-order valence-corrected chi connectivity index (χ4v) is 1.95. The number of nitrogens with one attached hydrogen (secondary N) is 1. The van der Waals surface area contributed by atoms with Crippen molar-refractivity contribution < 1.29 is 19.6 Å². The molecule has 1 saturated heterocycles. The molecule has 1 aliphatic heterocycles. The molecule has 0 aromatic heterocycles. The first-order valence-corrected chi connectivity index (χ1v) is 6.08. The molecule has 1 fully saturated rings. The normalized spacial score (nSPS) is 17.4. The summed E-state index contributed by atoms with van der Waals surface area (Å²) in [6, 6.07) is 3.40. The first kappa shape index (κ1) is 14.2. The second-order valence-electron chi connectivity index (χ2n) is 4.68. The number of nitrogens with zero attached hydrogens (tertiary/aromatic N) is 1. The van der Waals surface area contributed by atoms with Crippen LogP contribution in [0.5, 0.6) is 5.75 Å². The molecule has 1 aliphatic rings. The van der Waals surface area contributed by atoms with Gasteiger partial charge in [-0.1, -0.05) is 0 Å². The number of benzene rings is 1. The summed E-state index contributed by atoms with van der Waals surface area (Å²) in [5.74, 6) is -0.740. The minimum atomic E-state index is -1.09. The number of ether oxygens (including phenoxy) is 1. The number of aromatic hydroxyl groups is 1. The molecule has 2 rings (SSSR count). The number of rotatable bonds is 3. The molecule has 1 amide bonds. The average Bonchev–Trinajstić information content (AvgIpc) is 2.41. The van der Waals surface area contributed by atoms with Gasteiger partial charge in [-0.25, -0.2) is 0 Å². The molecule has 1 aromatic rings. The van der Waals surface area contributed by atoms with Crippen molar-refractivity contribution in [1.29, 1.82) is 0 Å². The van der Waals surface area contributed by atoms with Gasteiger partial charge in [-0.3, -0.25) is 14.9 Å². The maximum atomic E-state index is 12.2. The van der Waals surface area contributed by atoms with Crippen molar-refractivity contribution in [2.75, 3.05) is 18.5 Å². The second kappa shape index (κ2) is 5.43. The van der Waals surface area contributed by atoms with E-state index in [1.165, 1.54) is 0 Å². The van der Waals surface area contributed by atoms with Crippen LogP contribution in [-0.2, 0) is 9.53 Å². The lowest BCUT2D eigenvalue weighted by atomic mass is 9.90. The summed E-state index contributed by atoms with van der Waals surface area (Å²) in [6.45, 7) is 0.760. The number of anilines is 1. The maximum absolute atomic E-state index is 12.2. The Morgan fingerprint density at radius 1 is 1.45 bits per heavy atom. The van der Waals surface area contributed by atoms with Gasteiger partial charge < -0.3 is 20.9 Å². The van der Waals surface area contributed by atoms with Gasteiger partial charge in [0.15, 0.2) is 0 Å². The highest BCUT2D eigenvalue weighted by atomic mass is 16.6. The fourth-order valence-electron chi connectivity index (χ4n) is 1.95.